The van der Waals surface area contributed by atoms with Crippen LogP contribution in [0.4, 0.5) is 17.3 Å². The largest absolute Gasteiger partial charge is 0.494 e. The third kappa shape index (κ3) is 6.39. The maximum atomic E-state index is 12.5. The fourth-order valence-corrected chi connectivity index (χ4v) is 3.70. The standard InChI is InChI=1S/C28H29N3O6/c1-34-17-18-36-26-22-7-2-5-10-25(22)37-28(26)31(19-32)15-6-16-35-21-13-11-20(12-14-21)27(33)30-24-9-4-3-8-23(24)29/h2-5,7-14,19H,6,15-18,29H2,1H3,(H,30,33). The van der Waals surface area contributed by atoms with Gasteiger partial charge >= 0.3 is 0 Å². The van der Waals surface area contributed by atoms with Crippen molar-refractivity contribution in [1.82, 2.24) is 0 Å². The number of furan rings is 1. The van der Waals surface area contributed by atoms with Crippen molar-refractivity contribution in [1.29, 1.82) is 0 Å². The zero-order valence-electron chi connectivity index (χ0n) is 20.5. The van der Waals surface area contributed by atoms with E-state index in [2.05, 4.69) is 5.32 Å². The molecule has 3 N–H and O–H groups in total. The Hall–Kier alpha value is -4.50. The monoisotopic (exact) mass is 503 g/mol. The van der Waals surface area contributed by atoms with Gasteiger partial charge in [0.1, 0.15) is 17.9 Å². The molecule has 9 heteroatoms. The lowest BCUT2D eigenvalue weighted by Gasteiger charge is -2.16. The molecule has 0 bridgehead atoms. The summed E-state index contributed by atoms with van der Waals surface area (Å²) >= 11 is 0. The number of methoxy groups -OCH3 is 1. The fraction of sp³-hybridized carbons (Fsp3) is 0.214. The minimum absolute atomic E-state index is 0.263. The molecule has 0 saturated heterocycles. The van der Waals surface area contributed by atoms with Gasteiger partial charge in [0.25, 0.3) is 5.91 Å². The molecule has 0 unspecified atom stereocenters. The number of amides is 2. The number of nitrogens with one attached hydrogen (secondary N) is 1. The average Bonchev–Trinajstić information content (AvgIpc) is 3.29. The quantitative estimate of drug-likeness (QED) is 0.154. The number of benzene rings is 3. The molecule has 0 spiro atoms. The summed E-state index contributed by atoms with van der Waals surface area (Å²) in [4.78, 5) is 25.8. The Morgan fingerprint density at radius 2 is 1.73 bits per heavy atom. The molecule has 0 radical (unpaired) electrons. The van der Waals surface area contributed by atoms with Gasteiger partial charge in [-0.3, -0.25) is 14.5 Å². The number of para-hydroxylation sites is 3. The number of nitrogens with zero attached hydrogens (tertiary/aromatic N) is 1. The van der Waals surface area contributed by atoms with E-state index in [1.807, 2.05) is 24.3 Å². The zero-order chi connectivity index (χ0) is 26.0. The predicted molar refractivity (Wildman–Crippen MR) is 142 cm³/mol. The molecule has 37 heavy (non-hydrogen) atoms. The van der Waals surface area contributed by atoms with Crippen LogP contribution in [0.1, 0.15) is 16.8 Å². The third-order valence-corrected chi connectivity index (χ3v) is 5.59. The van der Waals surface area contributed by atoms with Crippen molar-refractivity contribution in [3.05, 3.63) is 78.4 Å². The molecule has 0 fully saturated rings. The lowest BCUT2D eigenvalue weighted by molar-refractivity contribution is -0.107. The Morgan fingerprint density at radius 1 is 0.973 bits per heavy atom. The highest BCUT2D eigenvalue weighted by Crippen LogP contribution is 2.39. The minimum Gasteiger partial charge on any atom is -0.494 e. The van der Waals surface area contributed by atoms with Crippen LogP contribution < -0.4 is 25.4 Å². The second kappa shape index (κ2) is 12.5. The number of carbonyl (C=O) groups excluding carboxylic acids is 2. The van der Waals surface area contributed by atoms with Crippen LogP contribution in [0.15, 0.2) is 77.2 Å². The number of ether oxygens (including phenoxy) is 3. The van der Waals surface area contributed by atoms with Crippen molar-refractivity contribution in [2.75, 3.05) is 49.4 Å². The summed E-state index contributed by atoms with van der Waals surface area (Å²) < 4.78 is 22.7. The fourth-order valence-electron chi connectivity index (χ4n) is 3.70. The zero-order valence-corrected chi connectivity index (χ0v) is 20.5. The molecule has 1 aromatic heterocycles. The number of anilines is 3. The maximum Gasteiger partial charge on any atom is 0.255 e. The van der Waals surface area contributed by atoms with E-state index in [0.29, 0.717) is 79.1 Å². The first-order valence-corrected chi connectivity index (χ1v) is 11.8. The highest BCUT2D eigenvalue weighted by atomic mass is 16.5. The molecule has 1 heterocycles. The summed E-state index contributed by atoms with van der Waals surface area (Å²) in [6.45, 7) is 1.46. The molecule has 4 aromatic rings. The SMILES string of the molecule is COCCOc1c(N(C=O)CCCOc2ccc(C(=O)Nc3ccccc3N)cc2)oc2ccccc12. The van der Waals surface area contributed by atoms with E-state index in [1.54, 1.807) is 55.6 Å². The van der Waals surface area contributed by atoms with Crippen molar-refractivity contribution in [3.63, 3.8) is 0 Å². The van der Waals surface area contributed by atoms with Crippen LogP contribution in [0.25, 0.3) is 11.0 Å². The Bertz CT molecular complexity index is 1340. The van der Waals surface area contributed by atoms with Crippen molar-refractivity contribution in [2.45, 2.75) is 6.42 Å². The van der Waals surface area contributed by atoms with Crippen molar-refractivity contribution in [2.24, 2.45) is 0 Å². The van der Waals surface area contributed by atoms with E-state index in [-0.39, 0.29) is 5.91 Å². The van der Waals surface area contributed by atoms with Gasteiger partial charge in [0.05, 0.1) is 30.0 Å². The van der Waals surface area contributed by atoms with E-state index in [4.69, 9.17) is 24.4 Å². The van der Waals surface area contributed by atoms with Crippen LogP contribution in [-0.2, 0) is 9.53 Å². The van der Waals surface area contributed by atoms with E-state index in [9.17, 15) is 9.59 Å². The number of carbonyl (C=O) groups is 2. The summed E-state index contributed by atoms with van der Waals surface area (Å²) in [7, 11) is 1.60. The molecule has 4 rings (SSSR count). The number of nitrogen functional groups attached to an aromatic ring is 1. The second-order valence-electron chi connectivity index (χ2n) is 8.14. The molecule has 192 valence electrons. The molecule has 0 saturated carbocycles. The van der Waals surface area contributed by atoms with Gasteiger partial charge in [0, 0.05) is 19.2 Å². The topological polar surface area (TPSA) is 116 Å². The average molecular weight is 504 g/mol. The summed E-state index contributed by atoms with van der Waals surface area (Å²) in [5.41, 5.74) is 8.05. The molecule has 0 aliphatic heterocycles. The normalized spacial score (nSPS) is 10.7. The summed E-state index contributed by atoms with van der Waals surface area (Å²) in [5, 5.41) is 3.58. The molecule has 0 aliphatic rings. The predicted octanol–water partition coefficient (Wildman–Crippen LogP) is 4.72. The third-order valence-electron chi connectivity index (χ3n) is 5.59. The van der Waals surface area contributed by atoms with Gasteiger partial charge in [-0.15, -0.1) is 0 Å². The summed E-state index contributed by atoms with van der Waals surface area (Å²) in [6.07, 6.45) is 1.26. The lowest BCUT2D eigenvalue weighted by Crippen LogP contribution is -2.24. The lowest BCUT2D eigenvalue weighted by atomic mass is 10.2. The molecule has 0 aliphatic carbocycles. The molecular weight excluding hydrogens is 474 g/mol. The molecule has 9 nitrogen and oxygen atoms in total. The van der Waals surface area contributed by atoms with Gasteiger partial charge in [0.2, 0.25) is 12.3 Å². The number of hydrogen-bond acceptors (Lipinski definition) is 7. The van der Waals surface area contributed by atoms with Crippen molar-refractivity contribution >= 4 is 40.5 Å². The van der Waals surface area contributed by atoms with Gasteiger partial charge in [0.15, 0.2) is 5.75 Å². The van der Waals surface area contributed by atoms with Crippen molar-refractivity contribution < 1.29 is 28.2 Å². The van der Waals surface area contributed by atoms with Gasteiger partial charge in [-0.05, 0) is 55.0 Å². The van der Waals surface area contributed by atoms with Crippen LogP contribution in [-0.4, -0.2) is 45.8 Å². The maximum absolute atomic E-state index is 12.5. The number of rotatable bonds is 13. The summed E-state index contributed by atoms with van der Waals surface area (Å²) in [5.74, 6) is 1.20. The Kier molecular flexibility index (Phi) is 8.62. The smallest absolute Gasteiger partial charge is 0.255 e. The van der Waals surface area contributed by atoms with Gasteiger partial charge in [-0.25, -0.2) is 0 Å². The Morgan fingerprint density at radius 3 is 2.49 bits per heavy atom. The number of nitrogens with two attached hydrogens (primary N) is 1. The molecule has 0 atom stereocenters. The minimum atomic E-state index is -0.263. The first-order valence-electron chi connectivity index (χ1n) is 11.8. The van der Waals surface area contributed by atoms with Gasteiger partial charge in [-0.2, -0.15) is 0 Å². The second-order valence-corrected chi connectivity index (χ2v) is 8.14. The number of hydrogen-bond donors (Lipinski definition) is 2. The first-order chi connectivity index (χ1) is 18.1. The molecule has 3 aromatic carbocycles. The van der Waals surface area contributed by atoms with Crippen LogP contribution in [0, 0.1) is 0 Å². The van der Waals surface area contributed by atoms with E-state index in [1.165, 1.54) is 4.90 Å². The van der Waals surface area contributed by atoms with Crippen molar-refractivity contribution in [3.8, 4) is 11.5 Å². The van der Waals surface area contributed by atoms with Crippen LogP contribution in [0.3, 0.4) is 0 Å². The Balaban J connectivity index is 1.32. The highest BCUT2D eigenvalue weighted by Gasteiger charge is 2.21. The van der Waals surface area contributed by atoms with Crippen LogP contribution >= 0.6 is 0 Å². The first kappa shape index (κ1) is 25.6. The van der Waals surface area contributed by atoms with E-state index >= 15 is 0 Å². The molecule has 2 amide bonds. The van der Waals surface area contributed by atoms with Crippen LogP contribution in [0.5, 0.6) is 11.5 Å². The number of fused-ring (bicyclic) bond motifs is 1. The van der Waals surface area contributed by atoms with E-state index < -0.39 is 0 Å². The van der Waals surface area contributed by atoms with Gasteiger partial charge in [-0.1, -0.05) is 24.3 Å². The molecular formula is C28H29N3O6. The highest BCUT2D eigenvalue weighted by molar-refractivity contribution is 6.05. The van der Waals surface area contributed by atoms with E-state index in [0.717, 1.165) is 5.39 Å². The van der Waals surface area contributed by atoms with Gasteiger partial charge < -0.3 is 29.7 Å². The Labute approximate surface area is 214 Å². The van der Waals surface area contributed by atoms with Crippen LogP contribution in [0.2, 0.25) is 0 Å². The summed E-state index contributed by atoms with van der Waals surface area (Å²) in [6, 6.07) is 21.3.